The van der Waals surface area contributed by atoms with Gasteiger partial charge < -0.3 is 10.6 Å². The molecule has 0 unspecified atom stereocenters. The first-order chi connectivity index (χ1) is 24.3. The van der Waals surface area contributed by atoms with E-state index in [4.69, 9.17) is 34.8 Å². The molecule has 0 aliphatic heterocycles. The Morgan fingerprint density at radius 3 is 1.58 bits per heavy atom. The van der Waals surface area contributed by atoms with Crippen LogP contribution in [-0.2, 0) is 0 Å². The lowest BCUT2D eigenvalue weighted by Crippen LogP contribution is -2.29. The molecule has 4 amide bonds. The van der Waals surface area contributed by atoms with Gasteiger partial charge in [0.1, 0.15) is 0 Å². The van der Waals surface area contributed by atoms with Crippen LogP contribution in [0, 0.1) is 0 Å². The summed E-state index contributed by atoms with van der Waals surface area (Å²) < 4.78 is 0. The molecule has 2 heterocycles. The number of anilines is 3. The lowest BCUT2D eigenvalue weighted by atomic mass is 10.0. The topological polar surface area (TPSA) is 140 Å². The molecule has 0 spiro atoms. The van der Waals surface area contributed by atoms with Crippen LogP contribution in [0.1, 0.15) is 13.3 Å². The summed E-state index contributed by atoms with van der Waals surface area (Å²) in [5.74, 6) is 0.910. The number of hydrogen-bond acceptors (Lipinski definition) is 4. The van der Waals surface area contributed by atoms with Gasteiger partial charge in [-0.1, -0.05) is 102 Å². The van der Waals surface area contributed by atoms with Gasteiger partial charge in [-0.2, -0.15) is 10.2 Å². The molecule has 0 aliphatic carbocycles. The first-order valence-electron chi connectivity index (χ1n) is 15.6. The molecule has 0 aliphatic rings. The number of nitrogens with one attached hydrogen (secondary N) is 6. The lowest BCUT2D eigenvalue weighted by Gasteiger charge is -2.07. The van der Waals surface area contributed by atoms with Gasteiger partial charge in [-0.05, 0) is 66.1 Å². The number of urea groups is 2. The Labute approximate surface area is 302 Å². The van der Waals surface area contributed by atoms with E-state index in [0.29, 0.717) is 38.9 Å². The third-order valence-corrected chi connectivity index (χ3v) is 8.45. The number of fused-ring (bicyclic) bond motifs is 2. The number of carbonyl (C=O) groups excluding carboxylic acids is 2. The summed E-state index contributed by atoms with van der Waals surface area (Å²) in [4.78, 5) is 24.1. The normalized spacial score (nSPS) is 10.7. The van der Waals surface area contributed by atoms with Crippen molar-refractivity contribution in [2.45, 2.75) is 13.3 Å². The van der Waals surface area contributed by atoms with Gasteiger partial charge in [0.25, 0.3) is 0 Å². The van der Waals surface area contributed by atoms with Crippen molar-refractivity contribution >= 4 is 86.0 Å². The fourth-order valence-corrected chi connectivity index (χ4v) is 5.81. The quantitative estimate of drug-likeness (QED) is 0.0973. The van der Waals surface area contributed by atoms with Crippen LogP contribution in [0.5, 0.6) is 0 Å². The Hall–Kier alpha value is -5.55. The molecule has 13 heteroatoms. The van der Waals surface area contributed by atoms with Crippen molar-refractivity contribution in [3.05, 3.63) is 124 Å². The number of rotatable bonds is 7. The van der Waals surface area contributed by atoms with Crippen LogP contribution in [0.3, 0.4) is 0 Å². The molecule has 10 nitrogen and oxygen atoms in total. The van der Waals surface area contributed by atoms with E-state index in [-0.39, 0.29) is 6.03 Å². The summed E-state index contributed by atoms with van der Waals surface area (Å²) in [5.41, 5.74) is 5.92. The minimum Gasteiger partial charge on any atom is -0.338 e. The highest BCUT2D eigenvalue weighted by Crippen LogP contribution is 2.35. The average molecular weight is 726 g/mol. The monoisotopic (exact) mass is 724 g/mol. The van der Waals surface area contributed by atoms with E-state index in [1.54, 1.807) is 30.3 Å². The Balaban J connectivity index is 0.000000175. The molecule has 7 aromatic rings. The molecule has 5 aromatic carbocycles. The number of halogens is 3. The van der Waals surface area contributed by atoms with E-state index in [0.717, 1.165) is 50.5 Å². The number of carbonyl (C=O) groups is 2. The molecule has 0 fully saturated rings. The largest absolute Gasteiger partial charge is 0.338 e. The number of aromatic amines is 2. The van der Waals surface area contributed by atoms with E-state index < -0.39 is 6.03 Å². The van der Waals surface area contributed by atoms with Crippen LogP contribution in [0.2, 0.25) is 15.1 Å². The maximum atomic E-state index is 12.3. The first-order valence-corrected chi connectivity index (χ1v) is 16.8. The van der Waals surface area contributed by atoms with E-state index in [9.17, 15) is 9.59 Å². The second-order valence-electron chi connectivity index (χ2n) is 11.1. The van der Waals surface area contributed by atoms with Gasteiger partial charge in [-0.15, -0.1) is 0 Å². The maximum absolute atomic E-state index is 12.3. The highest BCUT2D eigenvalue weighted by Gasteiger charge is 2.15. The fourth-order valence-electron chi connectivity index (χ4n) is 5.14. The molecule has 2 aromatic heterocycles. The van der Waals surface area contributed by atoms with E-state index in [2.05, 4.69) is 41.7 Å². The van der Waals surface area contributed by atoms with Crippen molar-refractivity contribution in [2.75, 3.05) is 22.5 Å². The van der Waals surface area contributed by atoms with Gasteiger partial charge in [0.05, 0.1) is 21.1 Å². The third kappa shape index (κ3) is 8.18. The number of amides is 4. The SMILES string of the molecule is CCCNC(=O)Nc1n[nH]c2cc(Cl)c(-c3ccccc3)cc12.O=C(Nc1ccc(Cl)cc1)Nc1n[nH]c2cc(Cl)c(-c3ccccc3)cc12. The van der Waals surface area contributed by atoms with E-state index in [1.807, 2.05) is 85.8 Å². The molecular formula is C37H31Cl3N8O2. The molecule has 6 N–H and O–H groups in total. The standard InChI is InChI=1S/C20H14Cl2N4O.C17H17ClN4O/c21-13-6-8-14(9-7-13)23-20(27)24-19-16-10-15(12-4-2-1-3-5-12)17(22)11-18(16)25-26-19;1-2-8-19-17(23)20-16-13-9-12(11-6-4-3-5-7-11)14(18)10-15(13)21-22-16/h1-11H,(H3,23,24,25,26,27);3-7,9-10H,2,8H2,1H3,(H3,19,20,21,22,23). The van der Waals surface area contributed by atoms with Gasteiger partial charge in [0.15, 0.2) is 11.6 Å². The van der Waals surface area contributed by atoms with E-state index >= 15 is 0 Å². The van der Waals surface area contributed by atoms with Crippen LogP contribution in [0.25, 0.3) is 44.1 Å². The molecule has 0 atom stereocenters. The van der Waals surface area contributed by atoms with Crippen LogP contribution >= 0.6 is 34.8 Å². The van der Waals surface area contributed by atoms with Gasteiger partial charge in [0, 0.05) is 39.2 Å². The minimum atomic E-state index is -0.401. The predicted molar refractivity (Wildman–Crippen MR) is 204 cm³/mol. The molecule has 0 saturated carbocycles. The highest BCUT2D eigenvalue weighted by atomic mass is 35.5. The Bertz CT molecular complexity index is 2260. The second kappa shape index (κ2) is 15.8. The Morgan fingerprint density at radius 1 is 0.620 bits per heavy atom. The Morgan fingerprint density at radius 2 is 1.10 bits per heavy atom. The van der Waals surface area contributed by atoms with Crippen molar-refractivity contribution in [1.82, 2.24) is 25.7 Å². The summed E-state index contributed by atoms with van der Waals surface area (Å²) in [7, 11) is 0. The fraction of sp³-hybridized carbons (Fsp3) is 0.0811. The zero-order valence-electron chi connectivity index (χ0n) is 26.7. The molecule has 0 bridgehead atoms. The number of aromatic nitrogens is 4. The summed E-state index contributed by atoms with van der Waals surface area (Å²) in [6.07, 6.45) is 0.877. The summed E-state index contributed by atoms with van der Waals surface area (Å²) in [5, 5.41) is 28.6. The van der Waals surface area contributed by atoms with Gasteiger partial charge in [-0.25, -0.2) is 9.59 Å². The lowest BCUT2D eigenvalue weighted by molar-refractivity contribution is 0.252. The molecule has 7 rings (SSSR count). The molecule has 252 valence electrons. The van der Waals surface area contributed by atoms with Crippen molar-refractivity contribution in [3.63, 3.8) is 0 Å². The third-order valence-electron chi connectivity index (χ3n) is 7.57. The number of benzene rings is 5. The van der Waals surface area contributed by atoms with Crippen molar-refractivity contribution in [1.29, 1.82) is 0 Å². The maximum Gasteiger partial charge on any atom is 0.324 e. The number of hydrogen-bond donors (Lipinski definition) is 6. The van der Waals surface area contributed by atoms with Gasteiger partial charge in [-0.3, -0.25) is 20.8 Å². The Kier molecular flexibility index (Phi) is 10.8. The summed E-state index contributed by atoms with van der Waals surface area (Å²) in [6, 6.07) is 33.3. The second-order valence-corrected chi connectivity index (χ2v) is 12.3. The van der Waals surface area contributed by atoms with Crippen LogP contribution in [0.15, 0.2) is 109 Å². The van der Waals surface area contributed by atoms with Gasteiger partial charge >= 0.3 is 12.1 Å². The van der Waals surface area contributed by atoms with Crippen LogP contribution < -0.4 is 21.3 Å². The summed E-state index contributed by atoms with van der Waals surface area (Å²) >= 11 is 18.6. The molecule has 0 radical (unpaired) electrons. The summed E-state index contributed by atoms with van der Waals surface area (Å²) in [6.45, 7) is 2.62. The minimum absolute atomic E-state index is 0.267. The van der Waals surface area contributed by atoms with Crippen LogP contribution in [0.4, 0.5) is 26.9 Å². The predicted octanol–water partition coefficient (Wildman–Crippen LogP) is 10.6. The highest BCUT2D eigenvalue weighted by molar-refractivity contribution is 6.35. The zero-order chi connectivity index (χ0) is 35.0. The van der Waals surface area contributed by atoms with Gasteiger partial charge in [0.2, 0.25) is 0 Å². The van der Waals surface area contributed by atoms with Crippen molar-refractivity contribution < 1.29 is 9.59 Å². The molecule has 50 heavy (non-hydrogen) atoms. The van der Waals surface area contributed by atoms with Crippen molar-refractivity contribution in [2.24, 2.45) is 0 Å². The first kappa shape index (κ1) is 34.3. The average Bonchev–Trinajstić information content (AvgIpc) is 3.70. The smallest absolute Gasteiger partial charge is 0.324 e. The molecule has 0 saturated heterocycles. The number of H-pyrrole nitrogens is 2. The number of nitrogens with zero attached hydrogens (tertiary/aromatic N) is 2. The zero-order valence-corrected chi connectivity index (χ0v) is 28.9. The molecular weight excluding hydrogens is 695 g/mol. The van der Waals surface area contributed by atoms with Crippen LogP contribution in [-0.4, -0.2) is 39.0 Å². The van der Waals surface area contributed by atoms with E-state index in [1.165, 1.54) is 0 Å². The van der Waals surface area contributed by atoms with Crippen molar-refractivity contribution in [3.8, 4) is 22.3 Å².